The number of hydrogen-bond acceptors (Lipinski definition) is 4. The van der Waals surface area contributed by atoms with Gasteiger partial charge in [-0.1, -0.05) is 72.8 Å². The quantitative estimate of drug-likeness (QED) is 0.273. The molecule has 1 unspecified atom stereocenters. The second-order valence-electron chi connectivity index (χ2n) is 7.83. The highest BCUT2D eigenvalue weighted by Gasteiger charge is 2.23. The topological polar surface area (TPSA) is 67.4 Å². The Hall–Kier alpha value is -4.03. The summed E-state index contributed by atoms with van der Waals surface area (Å²) in [6, 6.07) is 34.1. The van der Waals surface area contributed by atoms with Gasteiger partial charge in [0.2, 0.25) is 11.8 Å². The Morgan fingerprint density at radius 2 is 1.40 bits per heavy atom. The van der Waals surface area contributed by atoms with E-state index in [1.807, 2.05) is 109 Å². The Balaban J connectivity index is 1.46. The number of carbonyl (C=O) groups is 2. The number of para-hydroxylation sites is 2. The van der Waals surface area contributed by atoms with Gasteiger partial charge in [-0.2, -0.15) is 0 Å². The first-order valence-corrected chi connectivity index (χ1v) is 12.1. The lowest BCUT2D eigenvalue weighted by atomic mass is 10.1. The molecule has 5 nitrogen and oxygen atoms in total. The highest BCUT2D eigenvalue weighted by molar-refractivity contribution is 8.00. The fraction of sp³-hybridized carbons (Fsp3) is 0.103. The summed E-state index contributed by atoms with van der Waals surface area (Å²) < 4.78 is 5.38. The Kier molecular flexibility index (Phi) is 8.20. The maximum atomic E-state index is 13.3. The molecule has 0 heterocycles. The van der Waals surface area contributed by atoms with Crippen molar-refractivity contribution in [2.45, 2.75) is 16.6 Å². The van der Waals surface area contributed by atoms with Crippen molar-refractivity contribution >= 4 is 35.0 Å². The first kappa shape index (κ1) is 24.1. The molecule has 6 heteroatoms. The molecule has 0 saturated carbocycles. The van der Waals surface area contributed by atoms with Crippen LogP contribution in [0.2, 0.25) is 0 Å². The molecule has 4 rings (SSSR count). The summed E-state index contributed by atoms with van der Waals surface area (Å²) >= 11 is 1.45. The third kappa shape index (κ3) is 6.74. The molecule has 0 saturated heterocycles. The van der Waals surface area contributed by atoms with Crippen LogP contribution in [0.15, 0.2) is 114 Å². The molecule has 0 fully saturated rings. The predicted octanol–water partition coefficient (Wildman–Crippen LogP) is 6.35. The second kappa shape index (κ2) is 11.9. The van der Waals surface area contributed by atoms with E-state index in [1.165, 1.54) is 11.8 Å². The number of ether oxygens (including phenoxy) is 1. The monoisotopic (exact) mass is 482 g/mol. The van der Waals surface area contributed by atoms with Crippen molar-refractivity contribution in [3.63, 3.8) is 0 Å². The Labute approximate surface area is 209 Å². The van der Waals surface area contributed by atoms with Gasteiger partial charge in [0, 0.05) is 10.6 Å². The number of amides is 2. The molecule has 1 atom stereocenters. The fourth-order valence-electron chi connectivity index (χ4n) is 3.59. The molecule has 2 amide bonds. The smallest absolute Gasteiger partial charge is 0.242 e. The first-order chi connectivity index (χ1) is 17.1. The highest BCUT2D eigenvalue weighted by atomic mass is 32.2. The lowest BCUT2D eigenvalue weighted by molar-refractivity contribution is -0.116. The van der Waals surface area contributed by atoms with Gasteiger partial charge in [0.1, 0.15) is 11.0 Å². The lowest BCUT2D eigenvalue weighted by Crippen LogP contribution is -2.19. The van der Waals surface area contributed by atoms with Gasteiger partial charge in [0.05, 0.1) is 19.2 Å². The number of methoxy groups -OCH3 is 1. The van der Waals surface area contributed by atoms with E-state index in [0.29, 0.717) is 23.5 Å². The number of benzene rings is 4. The predicted molar refractivity (Wildman–Crippen MR) is 142 cm³/mol. The van der Waals surface area contributed by atoms with Gasteiger partial charge in [-0.05, 0) is 47.5 Å². The molecule has 0 aliphatic carbocycles. The number of nitrogens with one attached hydrogen (secondary N) is 2. The second-order valence-corrected chi connectivity index (χ2v) is 9.01. The SMILES string of the molecule is COc1ccccc1NC(=O)C(Sc1ccc(NC(=O)Cc2ccccc2)cc1)c1ccccc1. The minimum absolute atomic E-state index is 0.0741. The summed E-state index contributed by atoms with van der Waals surface area (Å²) in [6.07, 6.45) is 0.316. The summed E-state index contributed by atoms with van der Waals surface area (Å²) in [5, 5.41) is 5.46. The molecule has 0 bridgehead atoms. The van der Waals surface area contributed by atoms with Crippen LogP contribution in [0, 0.1) is 0 Å². The van der Waals surface area contributed by atoms with Gasteiger partial charge in [0.15, 0.2) is 0 Å². The summed E-state index contributed by atoms with van der Waals surface area (Å²) in [5.41, 5.74) is 3.19. The molecule has 35 heavy (non-hydrogen) atoms. The third-order valence-electron chi connectivity index (χ3n) is 5.30. The van der Waals surface area contributed by atoms with Crippen LogP contribution in [-0.2, 0) is 16.0 Å². The zero-order valence-corrected chi connectivity index (χ0v) is 20.1. The lowest BCUT2D eigenvalue weighted by Gasteiger charge is -2.18. The first-order valence-electron chi connectivity index (χ1n) is 11.2. The average Bonchev–Trinajstić information content (AvgIpc) is 2.89. The molecule has 0 aromatic heterocycles. The molecular formula is C29H26N2O3S. The number of rotatable bonds is 9. The van der Waals surface area contributed by atoms with Crippen LogP contribution in [0.4, 0.5) is 11.4 Å². The molecule has 0 spiro atoms. The minimum Gasteiger partial charge on any atom is -0.495 e. The van der Waals surface area contributed by atoms with E-state index in [0.717, 1.165) is 16.0 Å². The van der Waals surface area contributed by atoms with E-state index in [9.17, 15) is 9.59 Å². The zero-order chi connectivity index (χ0) is 24.5. The van der Waals surface area contributed by atoms with Crippen LogP contribution < -0.4 is 15.4 Å². The van der Waals surface area contributed by atoms with Crippen LogP contribution in [-0.4, -0.2) is 18.9 Å². The van der Waals surface area contributed by atoms with Gasteiger partial charge in [-0.25, -0.2) is 0 Å². The van der Waals surface area contributed by atoms with Gasteiger partial charge < -0.3 is 15.4 Å². The maximum absolute atomic E-state index is 13.3. The van der Waals surface area contributed by atoms with Gasteiger partial charge >= 0.3 is 0 Å². The summed E-state index contributed by atoms with van der Waals surface area (Å²) in [5.74, 6) is 0.383. The number of carbonyl (C=O) groups excluding carboxylic acids is 2. The number of thioether (sulfide) groups is 1. The van der Waals surface area contributed by atoms with Crippen LogP contribution in [0.25, 0.3) is 0 Å². The molecule has 4 aromatic rings. The van der Waals surface area contributed by atoms with E-state index in [4.69, 9.17) is 4.74 Å². The van der Waals surface area contributed by atoms with Gasteiger partial charge in [-0.3, -0.25) is 9.59 Å². The Morgan fingerprint density at radius 3 is 2.09 bits per heavy atom. The van der Waals surface area contributed by atoms with Crippen molar-refractivity contribution in [2.75, 3.05) is 17.7 Å². The van der Waals surface area contributed by atoms with E-state index >= 15 is 0 Å². The van der Waals surface area contributed by atoms with Crippen LogP contribution in [0.3, 0.4) is 0 Å². The third-order valence-corrected chi connectivity index (χ3v) is 6.57. The maximum Gasteiger partial charge on any atom is 0.242 e. The largest absolute Gasteiger partial charge is 0.495 e. The summed E-state index contributed by atoms with van der Waals surface area (Å²) in [6.45, 7) is 0. The normalized spacial score (nSPS) is 11.3. The number of hydrogen-bond donors (Lipinski definition) is 2. The molecule has 0 radical (unpaired) electrons. The number of anilines is 2. The summed E-state index contributed by atoms with van der Waals surface area (Å²) in [4.78, 5) is 26.6. The van der Waals surface area contributed by atoms with Crippen molar-refractivity contribution in [3.8, 4) is 5.75 Å². The van der Waals surface area contributed by atoms with Crippen molar-refractivity contribution in [1.29, 1.82) is 0 Å². The molecule has 176 valence electrons. The Morgan fingerprint density at radius 1 is 0.771 bits per heavy atom. The summed E-state index contributed by atoms with van der Waals surface area (Å²) in [7, 11) is 1.58. The van der Waals surface area contributed by atoms with E-state index in [-0.39, 0.29) is 11.8 Å². The van der Waals surface area contributed by atoms with Crippen molar-refractivity contribution in [1.82, 2.24) is 0 Å². The van der Waals surface area contributed by atoms with E-state index in [1.54, 1.807) is 7.11 Å². The Bertz CT molecular complexity index is 1260. The van der Waals surface area contributed by atoms with Crippen LogP contribution in [0.1, 0.15) is 16.4 Å². The zero-order valence-electron chi connectivity index (χ0n) is 19.3. The van der Waals surface area contributed by atoms with Crippen molar-refractivity contribution in [3.05, 3.63) is 120 Å². The van der Waals surface area contributed by atoms with Crippen LogP contribution >= 0.6 is 11.8 Å². The standard InChI is InChI=1S/C29H26N2O3S/c1-34-26-15-9-8-14-25(26)31-29(33)28(22-12-6-3-7-13-22)35-24-18-16-23(17-19-24)30-27(32)20-21-10-4-2-5-11-21/h2-19,28H,20H2,1H3,(H,30,32)(H,31,33). The van der Waals surface area contributed by atoms with Gasteiger partial charge in [0.25, 0.3) is 0 Å². The fourth-order valence-corrected chi connectivity index (χ4v) is 4.61. The molecule has 2 N–H and O–H groups in total. The molecular weight excluding hydrogens is 456 g/mol. The highest BCUT2D eigenvalue weighted by Crippen LogP contribution is 2.37. The molecule has 0 aliphatic rings. The van der Waals surface area contributed by atoms with Crippen molar-refractivity contribution in [2.24, 2.45) is 0 Å². The van der Waals surface area contributed by atoms with Gasteiger partial charge in [-0.15, -0.1) is 11.8 Å². The van der Waals surface area contributed by atoms with Crippen LogP contribution in [0.5, 0.6) is 5.75 Å². The molecule has 4 aromatic carbocycles. The molecule has 0 aliphatic heterocycles. The van der Waals surface area contributed by atoms with E-state index in [2.05, 4.69) is 10.6 Å². The van der Waals surface area contributed by atoms with Crippen molar-refractivity contribution < 1.29 is 14.3 Å². The average molecular weight is 483 g/mol. The minimum atomic E-state index is -0.473. The van der Waals surface area contributed by atoms with E-state index < -0.39 is 5.25 Å².